The fraction of sp³-hybridized carbons (Fsp3) is 0.231. The minimum absolute atomic E-state index is 0.0114. The van der Waals surface area contributed by atoms with Crippen LogP contribution in [0, 0.1) is 12.7 Å². The van der Waals surface area contributed by atoms with E-state index >= 15 is 0 Å². The van der Waals surface area contributed by atoms with Gasteiger partial charge in [-0.2, -0.15) is 0 Å². The van der Waals surface area contributed by atoms with Gasteiger partial charge in [-0.25, -0.2) is 4.39 Å². The van der Waals surface area contributed by atoms with Crippen molar-refractivity contribution < 1.29 is 4.39 Å². The fourth-order valence-electron chi connectivity index (χ4n) is 1.55. The highest BCUT2D eigenvalue weighted by Crippen LogP contribution is 2.18. The molecule has 0 aromatic carbocycles. The number of nitrogens with zero attached hydrogens (tertiary/aromatic N) is 2. The highest BCUT2D eigenvalue weighted by molar-refractivity contribution is 5.43. The van der Waals surface area contributed by atoms with Crippen LogP contribution in [-0.2, 0) is 0 Å². The van der Waals surface area contributed by atoms with E-state index in [1.165, 1.54) is 12.3 Å². The Kier molecular flexibility index (Phi) is 3.32. The van der Waals surface area contributed by atoms with Crippen molar-refractivity contribution in [2.75, 3.05) is 5.32 Å². The predicted molar refractivity (Wildman–Crippen MR) is 65.2 cm³/mol. The van der Waals surface area contributed by atoms with Crippen LogP contribution in [-0.4, -0.2) is 9.97 Å². The number of hydrogen-bond acceptors (Lipinski definition) is 3. The highest BCUT2D eigenvalue weighted by Gasteiger charge is 2.06. The molecule has 0 fully saturated rings. The van der Waals surface area contributed by atoms with Crippen LogP contribution >= 0.6 is 0 Å². The van der Waals surface area contributed by atoms with E-state index in [2.05, 4.69) is 15.3 Å². The van der Waals surface area contributed by atoms with E-state index in [0.717, 1.165) is 16.9 Å². The number of halogens is 1. The van der Waals surface area contributed by atoms with Gasteiger partial charge in [0.05, 0.1) is 24.1 Å². The molecule has 88 valence electrons. The summed E-state index contributed by atoms with van der Waals surface area (Å²) in [5.41, 5.74) is 2.69. The molecule has 2 aromatic heterocycles. The Bertz CT molecular complexity index is 496. The molecule has 17 heavy (non-hydrogen) atoms. The van der Waals surface area contributed by atoms with Crippen molar-refractivity contribution in [3.63, 3.8) is 0 Å². The Hall–Kier alpha value is -1.97. The van der Waals surface area contributed by atoms with E-state index in [1.54, 1.807) is 12.4 Å². The average molecular weight is 231 g/mol. The molecule has 0 aliphatic carbocycles. The Balaban J connectivity index is 2.11. The third-order valence-corrected chi connectivity index (χ3v) is 2.52. The van der Waals surface area contributed by atoms with E-state index in [1.807, 2.05) is 26.0 Å². The molecular weight excluding hydrogens is 217 g/mol. The maximum Gasteiger partial charge on any atom is 0.141 e. The van der Waals surface area contributed by atoms with Crippen molar-refractivity contribution in [1.29, 1.82) is 0 Å². The van der Waals surface area contributed by atoms with Gasteiger partial charge in [-0.3, -0.25) is 9.97 Å². The molecule has 0 saturated heterocycles. The van der Waals surface area contributed by atoms with Crippen LogP contribution in [0.3, 0.4) is 0 Å². The van der Waals surface area contributed by atoms with Gasteiger partial charge >= 0.3 is 0 Å². The van der Waals surface area contributed by atoms with Crippen LogP contribution in [0.1, 0.15) is 24.2 Å². The molecule has 0 aliphatic heterocycles. The highest BCUT2D eigenvalue weighted by atomic mass is 19.1. The summed E-state index contributed by atoms with van der Waals surface area (Å²) in [6, 6.07) is 5.35. The van der Waals surface area contributed by atoms with Gasteiger partial charge in [-0.05, 0) is 37.6 Å². The van der Waals surface area contributed by atoms with Crippen molar-refractivity contribution in [2.45, 2.75) is 19.9 Å². The summed E-state index contributed by atoms with van der Waals surface area (Å²) < 4.78 is 13.0. The fourth-order valence-corrected chi connectivity index (χ4v) is 1.55. The van der Waals surface area contributed by atoms with Crippen molar-refractivity contribution in [2.24, 2.45) is 0 Å². The third kappa shape index (κ3) is 3.00. The monoisotopic (exact) mass is 231 g/mol. The molecule has 2 rings (SSSR count). The maximum atomic E-state index is 13.0. The van der Waals surface area contributed by atoms with Gasteiger partial charge in [-0.1, -0.05) is 0 Å². The van der Waals surface area contributed by atoms with E-state index in [0.29, 0.717) is 0 Å². The summed E-state index contributed by atoms with van der Waals surface area (Å²) in [4.78, 5) is 8.02. The zero-order valence-corrected chi connectivity index (χ0v) is 9.81. The smallest absolute Gasteiger partial charge is 0.141 e. The number of rotatable bonds is 3. The van der Waals surface area contributed by atoms with Crippen LogP contribution in [0.15, 0.2) is 36.8 Å². The standard InChI is InChI=1S/C13H14FN3/c1-9-3-4-13(8-16-9)17-10(2)11-5-12(14)7-15-6-11/h3-8,10,17H,1-2H3. The van der Waals surface area contributed by atoms with E-state index in [-0.39, 0.29) is 11.9 Å². The molecule has 0 saturated carbocycles. The molecule has 4 heteroatoms. The first-order valence-electron chi connectivity index (χ1n) is 5.45. The molecule has 0 amide bonds. The largest absolute Gasteiger partial charge is 0.377 e. The lowest BCUT2D eigenvalue weighted by Gasteiger charge is -2.15. The lowest BCUT2D eigenvalue weighted by atomic mass is 10.1. The minimum atomic E-state index is -0.321. The van der Waals surface area contributed by atoms with Crippen molar-refractivity contribution in [3.05, 3.63) is 53.9 Å². The molecular formula is C13H14FN3. The molecule has 0 aliphatic rings. The molecule has 2 heterocycles. The van der Waals surface area contributed by atoms with Crippen LogP contribution in [0.4, 0.5) is 10.1 Å². The van der Waals surface area contributed by atoms with Gasteiger partial charge < -0.3 is 5.32 Å². The van der Waals surface area contributed by atoms with E-state index in [4.69, 9.17) is 0 Å². The van der Waals surface area contributed by atoms with Gasteiger partial charge in [0.15, 0.2) is 0 Å². The molecule has 0 radical (unpaired) electrons. The summed E-state index contributed by atoms with van der Waals surface area (Å²) in [5, 5.41) is 3.24. The maximum absolute atomic E-state index is 13.0. The van der Waals surface area contributed by atoms with Crippen LogP contribution in [0.5, 0.6) is 0 Å². The number of hydrogen-bond donors (Lipinski definition) is 1. The minimum Gasteiger partial charge on any atom is -0.377 e. The van der Waals surface area contributed by atoms with Crippen LogP contribution in [0.25, 0.3) is 0 Å². The van der Waals surface area contributed by atoms with E-state index < -0.39 is 0 Å². The van der Waals surface area contributed by atoms with Crippen molar-refractivity contribution in [1.82, 2.24) is 9.97 Å². The first-order chi connectivity index (χ1) is 8.15. The molecule has 1 atom stereocenters. The number of pyridine rings is 2. The average Bonchev–Trinajstić information content (AvgIpc) is 2.32. The number of anilines is 1. The third-order valence-electron chi connectivity index (χ3n) is 2.52. The topological polar surface area (TPSA) is 37.8 Å². The number of nitrogens with one attached hydrogen (secondary N) is 1. The lowest BCUT2D eigenvalue weighted by molar-refractivity contribution is 0.616. The summed E-state index contributed by atoms with van der Waals surface area (Å²) in [6.45, 7) is 3.89. The first-order valence-corrected chi connectivity index (χ1v) is 5.45. The zero-order valence-electron chi connectivity index (χ0n) is 9.81. The lowest BCUT2D eigenvalue weighted by Crippen LogP contribution is -2.07. The van der Waals surface area contributed by atoms with Crippen molar-refractivity contribution >= 4 is 5.69 Å². The van der Waals surface area contributed by atoms with Gasteiger partial charge in [0.1, 0.15) is 5.82 Å². The van der Waals surface area contributed by atoms with Crippen LogP contribution in [0.2, 0.25) is 0 Å². The molecule has 1 N–H and O–H groups in total. The second-order valence-electron chi connectivity index (χ2n) is 3.99. The summed E-state index contributed by atoms with van der Waals surface area (Å²) >= 11 is 0. The second kappa shape index (κ2) is 4.91. The predicted octanol–water partition coefficient (Wildman–Crippen LogP) is 3.10. The van der Waals surface area contributed by atoms with Gasteiger partial charge in [0, 0.05) is 11.9 Å². The van der Waals surface area contributed by atoms with Crippen molar-refractivity contribution in [3.8, 4) is 0 Å². The SMILES string of the molecule is Cc1ccc(NC(C)c2cncc(F)c2)cn1. The molecule has 0 bridgehead atoms. The van der Waals surface area contributed by atoms with Gasteiger partial charge in [0.2, 0.25) is 0 Å². The summed E-state index contributed by atoms with van der Waals surface area (Å²) in [5.74, 6) is -0.321. The molecule has 1 unspecified atom stereocenters. The summed E-state index contributed by atoms with van der Waals surface area (Å²) in [7, 11) is 0. The van der Waals surface area contributed by atoms with Gasteiger partial charge in [0.25, 0.3) is 0 Å². The molecule has 0 spiro atoms. The second-order valence-corrected chi connectivity index (χ2v) is 3.99. The molecule has 3 nitrogen and oxygen atoms in total. The Labute approximate surface area is 99.7 Å². The molecule has 2 aromatic rings. The quantitative estimate of drug-likeness (QED) is 0.882. The number of aryl methyl sites for hydroxylation is 1. The normalized spacial score (nSPS) is 12.2. The Morgan fingerprint density at radius 2 is 2.06 bits per heavy atom. The number of aromatic nitrogens is 2. The Morgan fingerprint density at radius 3 is 2.71 bits per heavy atom. The first kappa shape index (κ1) is 11.5. The summed E-state index contributed by atoms with van der Waals surface area (Å²) in [6.07, 6.45) is 4.62. The Morgan fingerprint density at radius 1 is 1.24 bits per heavy atom. The zero-order chi connectivity index (χ0) is 12.3. The van der Waals surface area contributed by atoms with Crippen LogP contribution < -0.4 is 5.32 Å². The van der Waals surface area contributed by atoms with Gasteiger partial charge in [-0.15, -0.1) is 0 Å². The van der Waals surface area contributed by atoms with E-state index in [9.17, 15) is 4.39 Å².